The molecule has 0 N–H and O–H groups in total. The molecule has 2 aromatic rings. The van der Waals surface area contributed by atoms with Crippen molar-refractivity contribution in [3.8, 4) is 11.8 Å². The molecular weight excluding hydrogens is 355 g/mol. The summed E-state index contributed by atoms with van der Waals surface area (Å²) in [5, 5.41) is 0. The molecule has 29 heavy (non-hydrogen) atoms. The summed E-state index contributed by atoms with van der Waals surface area (Å²) in [6.45, 7) is 4.37. The number of halogens is 1. The highest BCUT2D eigenvalue weighted by Gasteiger charge is 2.35. The van der Waals surface area contributed by atoms with E-state index >= 15 is 0 Å². The van der Waals surface area contributed by atoms with E-state index < -0.39 is 0 Å². The summed E-state index contributed by atoms with van der Waals surface area (Å²) in [5.74, 6) is 9.19. The summed E-state index contributed by atoms with van der Waals surface area (Å²) < 4.78 is 14.7. The third kappa shape index (κ3) is 4.92. The number of fused-ring (bicyclic) bond motifs is 1. The molecule has 2 fully saturated rings. The van der Waals surface area contributed by atoms with Gasteiger partial charge >= 0.3 is 0 Å². The van der Waals surface area contributed by atoms with Crippen LogP contribution in [0, 0.1) is 42.3 Å². The fourth-order valence-electron chi connectivity index (χ4n) is 5.62. The summed E-state index contributed by atoms with van der Waals surface area (Å²) in [4.78, 5) is 0. The predicted molar refractivity (Wildman–Crippen MR) is 119 cm³/mol. The Hall–Kier alpha value is -2.07. The summed E-state index contributed by atoms with van der Waals surface area (Å²) >= 11 is 0. The zero-order valence-corrected chi connectivity index (χ0v) is 17.9. The van der Waals surface area contributed by atoms with Gasteiger partial charge in [0.2, 0.25) is 0 Å². The van der Waals surface area contributed by atoms with Gasteiger partial charge < -0.3 is 0 Å². The molecule has 4 unspecified atom stereocenters. The normalized spacial score (nSPS) is 26.3. The lowest BCUT2D eigenvalue weighted by atomic mass is 9.63. The van der Waals surface area contributed by atoms with Crippen molar-refractivity contribution >= 4 is 0 Å². The molecule has 0 spiro atoms. The van der Waals surface area contributed by atoms with Crippen molar-refractivity contribution < 1.29 is 4.39 Å². The van der Waals surface area contributed by atoms with Gasteiger partial charge in [-0.1, -0.05) is 61.8 Å². The highest BCUT2D eigenvalue weighted by Crippen LogP contribution is 2.48. The van der Waals surface area contributed by atoms with Crippen LogP contribution in [-0.4, -0.2) is 0 Å². The molecule has 0 aromatic heterocycles. The average Bonchev–Trinajstić information content (AvgIpc) is 2.74. The first-order valence-corrected chi connectivity index (χ1v) is 11.5. The minimum atomic E-state index is -0.170. The van der Waals surface area contributed by atoms with Crippen molar-refractivity contribution in [2.24, 2.45) is 17.8 Å². The van der Waals surface area contributed by atoms with Crippen molar-refractivity contribution in [1.29, 1.82) is 0 Å². The second-order valence-corrected chi connectivity index (χ2v) is 9.35. The van der Waals surface area contributed by atoms with E-state index in [2.05, 4.69) is 31.8 Å². The van der Waals surface area contributed by atoms with Crippen molar-refractivity contribution in [3.63, 3.8) is 0 Å². The van der Waals surface area contributed by atoms with E-state index in [1.165, 1.54) is 62.5 Å². The molecule has 4 atom stereocenters. The van der Waals surface area contributed by atoms with E-state index in [9.17, 15) is 4.39 Å². The van der Waals surface area contributed by atoms with Crippen LogP contribution in [0.4, 0.5) is 4.39 Å². The molecule has 4 rings (SSSR count). The first-order valence-electron chi connectivity index (χ1n) is 11.5. The van der Waals surface area contributed by atoms with Gasteiger partial charge in [-0.2, -0.15) is 0 Å². The summed E-state index contributed by atoms with van der Waals surface area (Å²) in [6.07, 6.45) is 10.7. The number of aryl methyl sites for hydroxylation is 1. The van der Waals surface area contributed by atoms with Crippen LogP contribution >= 0.6 is 0 Å². The minimum absolute atomic E-state index is 0.170. The van der Waals surface area contributed by atoms with Gasteiger partial charge in [-0.3, -0.25) is 0 Å². The number of benzene rings is 2. The monoisotopic (exact) mass is 388 g/mol. The summed E-state index contributed by atoms with van der Waals surface area (Å²) in [5.41, 5.74) is 3.82. The van der Waals surface area contributed by atoms with Gasteiger partial charge in [0.05, 0.1) is 5.56 Å². The van der Waals surface area contributed by atoms with Crippen LogP contribution < -0.4 is 0 Å². The molecule has 2 saturated carbocycles. The molecule has 0 nitrogen and oxygen atoms in total. The minimum Gasteiger partial charge on any atom is -0.206 e. The number of hydrogen-bond donors (Lipinski definition) is 0. The van der Waals surface area contributed by atoms with Crippen molar-refractivity contribution in [2.45, 2.75) is 71.1 Å². The van der Waals surface area contributed by atoms with Crippen LogP contribution in [0.15, 0.2) is 42.5 Å². The lowest BCUT2D eigenvalue weighted by Crippen LogP contribution is -2.30. The first kappa shape index (κ1) is 20.2. The molecule has 0 bridgehead atoms. The third-order valence-corrected chi connectivity index (χ3v) is 7.28. The number of hydrogen-bond acceptors (Lipinski definition) is 0. The number of rotatable bonds is 3. The molecule has 152 valence electrons. The Morgan fingerprint density at radius 1 is 0.897 bits per heavy atom. The second-order valence-electron chi connectivity index (χ2n) is 9.35. The fourth-order valence-corrected chi connectivity index (χ4v) is 5.62. The maximum atomic E-state index is 14.7. The van der Waals surface area contributed by atoms with E-state index in [-0.39, 0.29) is 5.82 Å². The topological polar surface area (TPSA) is 0 Å². The van der Waals surface area contributed by atoms with E-state index in [0.717, 1.165) is 23.3 Å². The Morgan fingerprint density at radius 2 is 1.66 bits per heavy atom. The van der Waals surface area contributed by atoms with Gasteiger partial charge in [0.25, 0.3) is 0 Å². The molecule has 0 heterocycles. The molecule has 2 aliphatic carbocycles. The Balaban J connectivity index is 1.42. The van der Waals surface area contributed by atoms with Crippen LogP contribution in [-0.2, 0) is 0 Å². The highest BCUT2D eigenvalue weighted by molar-refractivity contribution is 5.45. The molecule has 2 aliphatic rings. The summed E-state index contributed by atoms with van der Waals surface area (Å²) in [7, 11) is 0. The van der Waals surface area contributed by atoms with Crippen molar-refractivity contribution in [3.05, 3.63) is 70.5 Å². The Kier molecular flexibility index (Phi) is 6.39. The molecule has 2 aromatic carbocycles. The molecular formula is C28H33F. The molecule has 0 aliphatic heterocycles. The molecule has 0 amide bonds. The fraction of sp³-hybridized carbons (Fsp3) is 0.500. The Bertz CT molecular complexity index is 883. The zero-order chi connectivity index (χ0) is 20.2. The van der Waals surface area contributed by atoms with Crippen LogP contribution in [0.3, 0.4) is 0 Å². The van der Waals surface area contributed by atoms with E-state index in [0.29, 0.717) is 11.5 Å². The van der Waals surface area contributed by atoms with Gasteiger partial charge in [-0.05, 0) is 92.5 Å². The van der Waals surface area contributed by atoms with Crippen LogP contribution in [0.1, 0.15) is 86.5 Å². The summed E-state index contributed by atoms with van der Waals surface area (Å²) in [6, 6.07) is 13.8. The van der Waals surface area contributed by atoms with Crippen LogP contribution in [0.5, 0.6) is 0 Å². The van der Waals surface area contributed by atoms with Gasteiger partial charge in [-0.15, -0.1) is 0 Å². The first-order chi connectivity index (χ1) is 14.1. The second kappa shape index (κ2) is 9.17. The van der Waals surface area contributed by atoms with Gasteiger partial charge in [-0.25, -0.2) is 4.39 Å². The maximum Gasteiger partial charge on any atom is 0.139 e. The zero-order valence-electron chi connectivity index (χ0n) is 17.9. The quantitative estimate of drug-likeness (QED) is 0.474. The van der Waals surface area contributed by atoms with E-state index in [4.69, 9.17) is 0 Å². The molecule has 0 saturated heterocycles. The van der Waals surface area contributed by atoms with E-state index in [1.54, 1.807) is 6.07 Å². The lowest BCUT2D eigenvalue weighted by Gasteiger charge is -2.42. The van der Waals surface area contributed by atoms with E-state index in [1.807, 2.05) is 30.3 Å². The highest BCUT2D eigenvalue weighted by atomic mass is 19.1. The maximum absolute atomic E-state index is 14.7. The van der Waals surface area contributed by atoms with Crippen LogP contribution in [0.25, 0.3) is 0 Å². The van der Waals surface area contributed by atoms with Gasteiger partial charge in [0.1, 0.15) is 5.82 Å². The lowest BCUT2D eigenvalue weighted by molar-refractivity contribution is 0.114. The standard InChI is InChI=1S/C28H33F/c1-3-4-22-10-12-25-18-26(16-15-24(25)17-22)27-14-13-23(28(29)19-27)11-9-21-7-5-20(2)6-8-21/h5-8,13-14,19,22,24-26H,3-4,10,12,15-18H2,1-2H3. The van der Waals surface area contributed by atoms with Gasteiger partial charge in [0, 0.05) is 5.56 Å². The molecule has 1 heteroatoms. The Labute approximate surface area is 175 Å². The van der Waals surface area contributed by atoms with Crippen LogP contribution in [0.2, 0.25) is 0 Å². The third-order valence-electron chi connectivity index (χ3n) is 7.28. The van der Waals surface area contributed by atoms with Crippen molar-refractivity contribution in [1.82, 2.24) is 0 Å². The largest absolute Gasteiger partial charge is 0.206 e. The SMILES string of the molecule is CCCC1CCC2CC(c3ccc(C#Cc4ccc(C)cc4)c(F)c3)CCC2C1. The Morgan fingerprint density at radius 3 is 2.41 bits per heavy atom. The molecule has 0 radical (unpaired) electrons. The average molecular weight is 389 g/mol. The smallest absolute Gasteiger partial charge is 0.139 e. The predicted octanol–water partition coefficient (Wildman–Crippen LogP) is 7.63. The van der Waals surface area contributed by atoms with Crippen molar-refractivity contribution in [2.75, 3.05) is 0 Å². The van der Waals surface area contributed by atoms with Gasteiger partial charge in [0.15, 0.2) is 0 Å².